The second-order valence-corrected chi connectivity index (χ2v) is 5.35. The number of hydrogen-bond donors (Lipinski definition) is 0. The molecule has 1 fully saturated rings. The maximum absolute atomic E-state index is 12.2. The third-order valence-electron chi connectivity index (χ3n) is 3.76. The van der Waals surface area contributed by atoms with E-state index in [1.54, 1.807) is 48.3 Å². The molecule has 0 N–H and O–H groups in total. The summed E-state index contributed by atoms with van der Waals surface area (Å²) in [5.74, 6) is 0.427. The van der Waals surface area contributed by atoms with Gasteiger partial charge in [0.25, 0.3) is 5.91 Å². The van der Waals surface area contributed by atoms with Crippen molar-refractivity contribution in [2.24, 2.45) is 0 Å². The lowest BCUT2D eigenvalue weighted by Crippen LogP contribution is -2.41. The van der Waals surface area contributed by atoms with Crippen LogP contribution in [0.3, 0.4) is 0 Å². The SMILES string of the molecule is CN(C(=O)Oc1ccccc1)c1ccc(N2CCOCC2=O)cc1. The number of para-hydroxylation sites is 1. The maximum Gasteiger partial charge on any atom is 0.419 e. The smallest absolute Gasteiger partial charge is 0.410 e. The zero-order valence-electron chi connectivity index (χ0n) is 13.3. The fourth-order valence-corrected chi connectivity index (χ4v) is 2.41. The molecule has 0 saturated carbocycles. The summed E-state index contributed by atoms with van der Waals surface area (Å²) < 4.78 is 10.4. The molecule has 1 aliphatic rings. The van der Waals surface area contributed by atoms with E-state index in [1.165, 1.54) is 4.90 Å². The molecule has 3 rings (SSSR count). The van der Waals surface area contributed by atoms with Gasteiger partial charge in [0.05, 0.1) is 6.61 Å². The number of rotatable bonds is 3. The Morgan fingerprint density at radius 3 is 2.50 bits per heavy atom. The quantitative estimate of drug-likeness (QED) is 0.870. The Bertz CT molecular complexity index is 716. The molecule has 0 aliphatic carbocycles. The highest BCUT2D eigenvalue weighted by molar-refractivity contribution is 5.95. The Hall–Kier alpha value is -2.86. The van der Waals surface area contributed by atoms with Crippen molar-refractivity contribution < 1.29 is 19.1 Å². The molecule has 24 heavy (non-hydrogen) atoms. The lowest BCUT2D eigenvalue weighted by atomic mass is 10.2. The molecular formula is C18H18N2O4. The summed E-state index contributed by atoms with van der Waals surface area (Å²) in [6.45, 7) is 1.16. The fraction of sp³-hybridized carbons (Fsp3) is 0.222. The highest BCUT2D eigenvalue weighted by Crippen LogP contribution is 2.22. The van der Waals surface area contributed by atoms with E-state index in [1.807, 2.05) is 18.2 Å². The van der Waals surface area contributed by atoms with E-state index in [9.17, 15) is 9.59 Å². The summed E-state index contributed by atoms with van der Waals surface area (Å²) in [7, 11) is 1.64. The van der Waals surface area contributed by atoms with Crippen LogP contribution in [0.4, 0.5) is 16.2 Å². The molecule has 6 nitrogen and oxygen atoms in total. The largest absolute Gasteiger partial charge is 0.419 e. The number of carbonyl (C=O) groups is 2. The molecule has 1 heterocycles. The number of anilines is 2. The highest BCUT2D eigenvalue weighted by atomic mass is 16.6. The van der Waals surface area contributed by atoms with E-state index in [0.29, 0.717) is 24.6 Å². The van der Waals surface area contributed by atoms with Crippen LogP contribution in [0.15, 0.2) is 54.6 Å². The molecule has 0 aromatic heterocycles. The van der Waals surface area contributed by atoms with E-state index in [-0.39, 0.29) is 12.5 Å². The standard InChI is InChI=1S/C18H18N2O4/c1-19(18(22)24-16-5-3-2-4-6-16)14-7-9-15(10-8-14)20-11-12-23-13-17(20)21/h2-10H,11-13H2,1H3. The summed E-state index contributed by atoms with van der Waals surface area (Å²) in [6, 6.07) is 16.1. The van der Waals surface area contributed by atoms with Crippen molar-refractivity contribution >= 4 is 23.4 Å². The highest BCUT2D eigenvalue weighted by Gasteiger charge is 2.20. The lowest BCUT2D eigenvalue weighted by molar-refractivity contribution is -0.125. The van der Waals surface area contributed by atoms with Crippen LogP contribution in [0.5, 0.6) is 5.75 Å². The van der Waals surface area contributed by atoms with Crippen molar-refractivity contribution in [3.8, 4) is 5.75 Å². The summed E-state index contributed by atoms with van der Waals surface area (Å²) in [5, 5.41) is 0. The van der Waals surface area contributed by atoms with Gasteiger partial charge in [-0.05, 0) is 36.4 Å². The van der Waals surface area contributed by atoms with Gasteiger partial charge in [-0.15, -0.1) is 0 Å². The predicted molar refractivity (Wildman–Crippen MR) is 90.5 cm³/mol. The van der Waals surface area contributed by atoms with E-state index < -0.39 is 6.09 Å². The minimum Gasteiger partial charge on any atom is -0.410 e. The second kappa shape index (κ2) is 7.14. The molecule has 2 aromatic carbocycles. The maximum atomic E-state index is 12.2. The number of benzene rings is 2. The van der Waals surface area contributed by atoms with Crippen LogP contribution < -0.4 is 14.5 Å². The van der Waals surface area contributed by atoms with Gasteiger partial charge in [-0.1, -0.05) is 18.2 Å². The number of nitrogens with zero attached hydrogens (tertiary/aromatic N) is 2. The van der Waals surface area contributed by atoms with Gasteiger partial charge >= 0.3 is 6.09 Å². The number of carbonyl (C=O) groups excluding carboxylic acids is 2. The molecule has 124 valence electrons. The molecule has 0 atom stereocenters. The third kappa shape index (κ3) is 3.55. The summed E-state index contributed by atoms with van der Waals surface area (Å²) >= 11 is 0. The lowest BCUT2D eigenvalue weighted by Gasteiger charge is -2.27. The van der Waals surface area contributed by atoms with Gasteiger partial charge in [0.2, 0.25) is 0 Å². The van der Waals surface area contributed by atoms with Crippen molar-refractivity contribution in [3.63, 3.8) is 0 Å². The van der Waals surface area contributed by atoms with Crippen molar-refractivity contribution in [1.82, 2.24) is 0 Å². The third-order valence-corrected chi connectivity index (χ3v) is 3.76. The molecule has 0 bridgehead atoms. The number of amides is 2. The molecule has 2 amide bonds. The predicted octanol–water partition coefficient (Wildman–Crippen LogP) is 2.69. The average Bonchev–Trinajstić information content (AvgIpc) is 2.62. The van der Waals surface area contributed by atoms with Crippen molar-refractivity contribution in [3.05, 3.63) is 54.6 Å². The Morgan fingerprint density at radius 2 is 1.83 bits per heavy atom. The van der Waals surface area contributed by atoms with Crippen LogP contribution in [0.1, 0.15) is 0 Å². The first-order chi connectivity index (χ1) is 11.6. The Kier molecular flexibility index (Phi) is 4.77. The topological polar surface area (TPSA) is 59.1 Å². The molecule has 0 unspecified atom stereocenters. The van der Waals surface area contributed by atoms with Gasteiger partial charge in [-0.25, -0.2) is 4.79 Å². The average molecular weight is 326 g/mol. The van der Waals surface area contributed by atoms with E-state index in [0.717, 1.165) is 5.69 Å². The first-order valence-electron chi connectivity index (χ1n) is 7.64. The van der Waals surface area contributed by atoms with Gasteiger partial charge in [-0.2, -0.15) is 0 Å². The van der Waals surface area contributed by atoms with Crippen LogP contribution in [0.25, 0.3) is 0 Å². The summed E-state index contributed by atoms with van der Waals surface area (Å²) in [6.07, 6.45) is -0.476. The van der Waals surface area contributed by atoms with Crippen LogP contribution in [-0.2, 0) is 9.53 Å². The first-order valence-corrected chi connectivity index (χ1v) is 7.64. The molecule has 0 spiro atoms. The number of ether oxygens (including phenoxy) is 2. The summed E-state index contributed by atoms with van der Waals surface area (Å²) in [4.78, 5) is 27.1. The minimum atomic E-state index is -0.476. The second-order valence-electron chi connectivity index (χ2n) is 5.35. The Morgan fingerprint density at radius 1 is 1.12 bits per heavy atom. The molecule has 1 saturated heterocycles. The van der Waals surface area contributed by atoms with Crippen molar-refractivity contribution in [2.45, 2.75) is 0 Å². The Labute approximate surface area is 140 Å². The molecule has 1 aliphatic heterocycles. The van der Waals surface area contributed by atoms with Gasteiger partial charge in [0.1, 0.15) is 12.4 Å². The molecular weight excluding hydrogens is 308 g/mol. The van der Waals surface area contributed by atoms with Crippen molar-refractivity contribution in [1.29, 1.82) is 0 Å². The number of hydrogen-bond acceptors (Lipinski definition) is 4. The van der Waals surface area contributed by atoms with E-state index in [4.69, 9.17) is 9.47 Å². The van der Waals surface area contributed by atoms with Gasteiger partial charge in [0.15, 0.2) is 0 Å². The van der Waals surface area contributed by atoms with Gasteiger partial charge in [0, 0.05) is 25.0 Å². The van der Waals surface area contributed by atoms with Crippen LogP contribution in [-0.4, -0.2) is 38.8 Å². The summed E-state index contributed by atoms with van der Waals surface area (Å²) in [5.41, 5.74) is 1.47. The molecule has 6 heteroatoms. The van der Waals surface area contributed by atoms with Crippen LogP contribution >= 0.6 is 0 Å². The van der Waals surface area contributed by atoms with Gasteiger partial charge < -0.3 is 14.4 Å². The fourth-order valence-electron chi connectivity index (χ4n) is 2.41. The monoisotopic (exact) mass is 326 g/mol. The molecule has 2 aromatic rings. The zero-order valence-corrected chi connectivity index (χ0v) is 13.3. The Balaban J connectivity index is 1.68. The van der Waals surface area contributed by atoms with Gasteiger partial charge in [-0.3, -0.25) is 9.69 Å². The minimum absolute atomic E-state index is 0.0640. The van der Waals surface area contributed by atoms with Crippen LogP contribution in [0, 0.1) is 0 Å². The van der Waals surface area contributed by atoms with Crippen LogP contribution in [0.2, 0.25) is 0 Å². The molecule has 0 radical (unpaired) electrons. The number of morpholine rings is 1. The van der Waals surface area contributed by atoms with E-state index in [2.05, 4.69) is 0 Å². The first kappa shape index (κ1) is 16.0. The normalized spacial score (nSPS) is 14.4. The van der Waals surface area contributed by atoms with E-state index >= 15 is 0 Å². The zero-order chi connectivity index (χ0) is 16.9. The van der Waals surface area contributed by atoms with Crippen molar-refractivity contribution in [2.75, 3.05) is 36.6 Å².